The van der Waals surface area contributed by atoms with Crippen molar-refractivity contribution in [3.63, 3.8) is 0 Å². The molecule has 2 rings (SSSR count). The number of Topliss-reactive ketones (excluding diaryl/α,β-unsaturated/α-hetero) is 1. The lowest BCUT2D eigenvalue weighted by Crippen LogP contribution is -2.18. The van der Waals surface area contributed by atoms with Gasteiger partial charge in [0.1, 0.15) is 28.2 Å². The van der Waals surface area contributed by atoms with Crippen LogP contribution in [0.4, 0.5) is 17.6 Å². The minimum absolute atomic E-state index is 0.0222. The van der Waals surface area contributed by atoms with E-state index in [2.05, 4.69) is 0 Å². The van der Waals surface area contributed by atoms with E-state index >= 15 is 0 Å². The monoisotopic (exact) mass is 552 g/mol. The largest absolute Gasteiger partial charge is 0.500 e. The maximum Gasteiger partial charge on any atom is 0.345 e. The van der Waals surface area contributed by atoms with E-state index in [1.807, 2.05) is 0 Å². The normalized spacial score (nSPS) is 11.2. The van der Waals surface area contributed by atoms with E-state index in [-0.39, 0.29) is 19.8 Å². The van der Waals surface area contributed by atoms with Gasteiger partial charge in [-0.15, -0.1) is 0 Å². The lowest BCUT2D eigenvalue weighted by Gasteiger charge is -2.17. The summed E-state index contributed by atoms with van der Waals surface area (Å²) in [6, 6.07) is 0.713. The van der Waals surface area contributed by atoms with Gasteiger partial charge in [-0.3, -0.25) is 4.79 Å². The van der Waals surface area contributed by atoms with Gasteiger partial charge in [0.15, 0.2) is 29.0 Å². The van der Waals surface area contributed by atoms with Gasteiger partial charge in [0.2, 0.25) is 5.78 Å². The highest BCUT2D eigenvalue weighted by Gasteiger charge is 2.32. The average Bonchev–Trinajstić information content (AvgIpc) is 2.83. The number of benzene rings is 2. The molecule has 2 aromatic carbocycles. The molecule has 0 saturated carbocycles. The number of halogens is 6. The van der Waals surface area contributed by atoms with Gasteiger partial charge in [-0.2, -0.15) is 0 Å². The standard InChI is InChI=1S/C23H18Cl2F4O7/c1-4-33-9-11(22(31)34-5-2)20(30)10-7-12(26)19(29)17(25)21(10)36-14-8-13(27)18(28)16(24)15(14)23(32)35-6-3/h7-9H,4-6H2,1-3H3/b11-9-. The topological polar surface area (TPSA) is 88.1 Å². The van der Waals surface area contributed by atoms with Gasteiger partial charge >= 0.3 is 11.9 Å². The number of ketones is 1. The zero-order chi connectivity index (χ0) is 27.2. The predicted molar refractivity (Wildman–Crippen MR) is 119 cm³/mol. The van der Waals surface area contributed by atoms with E-state index in [1.165, 1.54) is 20.8 Å². The van der Waals surface area contributed by atoms with E-state index in [1.54, 1.807) is 0 Å². The van der Waals surface area contributed by atoms with Crippen molar-refractivity contribution >= 4 is 40.9 Å². The van der Waals surface area contributed by atoms with E-state index in [9.17, 15) is 31.9 Å². The lowest BCUT2D eigenvalue weighted by atomic mass is 10.0. The summed E-state index contributed by atoms with van der Waals surface area (Å²) < 4.78 is 76.6. The van der Waals surface area contributed by atoms with Crippen LogP contribution in [0, 0.1) is 23.3 Å². The Kier molecular flexibility index (Phi) is 10.1. The second-order valence-corrected chi connectivity index (χ2v) is 7.34. The third-order valence-corrected chi connectivity index (χ3v) is 4.98. The second-order valence-electron chi connectivity index (χ2n) is 6.58. The molecule has 0 unspecified atom stereocenters. The molecule has 0 heterocycles. The molecule has 36 heavy (non-hydrogen) atoms. The number of rotatable bonds is 10. The number of hydrogen-bond acceptors (Lipinski definition) is 7. The van der Waals surface area contributed by atoms with Crippen molar-refractivity contribution in [1.29, 1.82) is 0 Å². The molecule has 0 amide bonds. The molecule has 194 valence electrons. The Morgan fingerprint density at radius 2 is 1.44 bits per heavy atom. The van der Waals surface area contributed by atoms with Crippen molar-refractivity contribution in [3.8, 4) is 11.5 Å². The summed E-state index contributed by atoms with van der Waals surface area (Å²) in [6.07, 6.45) is 0.734. The van der Waals surface area contributed by atoms with Crippen molar-refractivity contribution in [2.24, 2.45) is 0 Å². The molecule has 0 aliphatic heterocycles. The first kappa shape index (κ1) is 28.9. The molecule has 2 aromatic rings. The second kappa shape index (κ2) is 12.6. The summed E-state index contributed by atoms with van der Waals surface area (Å²) in [4.78, 5) is 37.8. The van der Waals surface area contributed by atoms with Crippen molar-refractivity contribution < 1.29 is 50.9 Å². The van der Waals surface area contributed by atoms with Crippen LogP contribution in [0.1, 0.15) is 41.5 Å². The Bertz CT molecular complexity index is 1230. The van der Waals surface area contributed by atoms with Gasteiger partial charge in [0.25, 0.3) is 0 Å². The molecule has 7 nitrogen and oxygen atoms in total. The smallest absolute Gasteiger partial charge is 0.345 e. The highest BCUT2D eigenvalue weighted by atomic mass is 35.5. The summed E-state index contributed by atoms with van der Waals surface area (Å²) in [5.41, 5.74) is -2.42. The Morgan fingerprint density at radius 1 is 0.861 bits per heavy atom. The third-order valence-electron chi connectivity index (χ3n) is 4.29. The van der Waals surface area contributed by atoms with Gasteiger partial charge in [-0.05, 0) is 26.8 Å². The quantitative estimate of drug-likeness (QED) is 0.0507. The molecule has 0 spiro atoms. The maximum absolute atomic E-state index is 14.3. The molecular formula is C23H18Cl2F4O7. The molecule has 0 radical (unpaired) electrons. The van der Waals surface area contributed by atoms with E-state index in [4.69, 9.17) is 42.1 Å². The van der Waals surface area contributed by atoms with E-state index < -0.39 is 79.2 Å². The predicted octanol–water partition coefficient (Wildman–Crippen LogP) is 6.19. The zero-order valence-corrected chi connectivity index (χ0v) is 20.5. The Hall–Kier alpha value is -3.31. The van der Waals surface area contributed by atoms with Gasteiger partial charge in [0.05, 0.1) is 30.4 Å². The highest BCUT2D eigenvalue weighted by molar-refractivity contribution is 6.35. The number of hydrogen-bond donors (Lipinski definition) is 0. The highest BCUT2D eigenvalue weighted by Crippen LogP contribution is 2.41. The van der Waals surface area contributed by atoms with Gasteiger partial charge in [-0.25, -0.2) is 27.2 Å². The van der Waals surface area contributed by atoms with Crippen molar-refractivity contribution in [3.05, 3.63) is 68.4 Å². The van der Waals surface area contributed by atoms with Crippen LogP contribution in [0.5, 0.6) is 11.5 Å². The van der Waals surface area contributed by atoms with Crippen molar-refractivity contribution in [1.82, 2.24) is 0 Å². The first-order chi connectivity index (χ1) is 17.0. The summed E-state index contributed by atoms with van der Waals surface area (Å²) in [5, 5.41) is -2.16. The molecule has 0 saturated heterocycles. The number of esters is 2. The molecule has 0 fully saturated rings. The molecular weight excluding hydrogens is 535 g/mol. The third kappa shape index (κ3) is 6.08. The minimum Gasteiger partial charge on any atom is -0.500 e. The Labute approximate surface area is 212 Å². The van der Waals surface area contributed by atoms with Crippen LogP contribution >= 0.6 is 23.2 Å². The first-order valence-corrected chi connectivity index (χ1v) is 11.0. The van der Waals surface area contributed by atoms with Crippen LogP contribution in [0.25, 0.3) is 0 Å². The SMILES string of the molecule is CCO/C=C(\C(=O)OCC)C(=O)c1cc(F)c(F)c(Cl)c1Oc1cc(F)c(F)c(Cl)c1C(=O)OCC. The van der Waals surface area contributed by atoms with Crippen LogP contribution in [-0.2, 0) is 19.0 Å². The number of carbonyl (C=O) groups excluding carboxylic acids is 3. The Morgan fingerprint density at radius 3 is 2.03 bits per heavy atom. The average molecular weight is 553 g/mol. The lowest BCUT2D eigenvalue weighted by molar-refractivity contribution is -0.138. The number of carbonyl (C=O) groups is 3. The molecule has 0 N–H and O–H groups in total. The Balaban J connectivity index is 2.79. The first-order valence-electron chi connectivity index (χ1n) is 10.2. The molecule has 13 heteroatoms. The van der Waals surface area contributed by atoms with Crippen LogP contribution < -0.4 is 4.74 Å². The van der Waals surface area contributed by atoms with Gasteiger partial charge in [0, 0.05) is 6.07 Å². The zero-order valence-electron chi connectivity index (χ0n) is 19.0. The molecule has 0 bridgehead atoms. The molecule has 0 aliphatic carbocycles. The summed E-state index contributed by atoms with van der Waals surface area (Å²) in [6.45, 7) is 4.08. The summed E-state index contributed by atoms with van der Waals surface area (Å²) in [5.74, 6) is -12.0. The van der Waals surface area contributed by atoms with Gasteiger partial charge in [-0.1, -0.05) is 23.2 Å². The molecule has 0 atom stereocenters. The maximum atomic E-state index is 14.3. The van der Waals surface area contributed by atoms with E-state index in [0.29, 0.717) is 12.1 Å². The minimum atomic E-state index is -1.68. The molecule has 0 aliphatic rings. The fourth-order valence-electron chi connectivity index (χ4n) is 2.72. The van der Waals surface area contributed by atoms with Crippen LogP contribution in [-0.4, -0.2) is 37.5 Å². The fourth-order valence-corrected chi connectivity index (χ4v) is 3.21. The van der Waals surface area contributed by atoms with Crippen LogP contribution in [0.3, 0.4) is 0 Å². The number of ether oxygens (including phenoxy) is 4. The van der Waals surface area contributed by atoms with Crippen LogP contribution in [0.2, 0.25) is 10.0 Å². The summed E-state index contributed by atoms with van der Waals surface area (Å²) >= 11 is 11.6. The fraction of sp³-hybridized carbons (Fsp3) is 0.261. The van der Waals surface area contributed by atoms with Crippen LogP contribution in [0.15, 0.2) is 24.0 Å². The van der Waals surface area contributed by atoms with Crippen molar-refractivity contribution in [2.45, 2.75) is 20.8 Å². The van der Waals surface area contributed by atoms with Gasteiger partial charge < -0.3 is 18.9 Å². The van der Waals surface area contributed by atoms with E-state index in [0.717, 1.165) is 6.26 Å². The summed E-state index contributed by atoms with van der Waals surface area (Å²) in [7, 11) is 0. The molecule has 0 aromatic heterocycles. The van der Waals surface area contributed by atoms with Crippen molar-refractivity contribution in [2.75, 3.05) is 19.8 Å².